The summed E-state index contributed by atoms with van der Waals surface area (Å²) in [6.45, 7) is 0.324. The second-order valence-corrected chi connectivity index (χ2v) is 11.3. The molecular formula is C27H25Cl2FN2O4S. The van der Waals surface area contributed by atoms with Crippen LogP contribution in [0.2, 0.25) is 10.0 Å². The Morgan fingerprint density at radius 3 is 2.41 bits per heavy atom. The summed E-state index contributed by atoms with van der Waals surface area (Å²) in [7, 11) is -4.23. The van der Waals surface area contributed by atoms with Gasteiger partial charge in [0.25, 0.3) is 0 Å². The maximum Gasteiger partial charge on any atom is 0.247 e. The van der Waals surface area contributed by atoms with Gasteiger partial charge < -0.3 is 15.6 Å². The summed E-state index contributed by atoms with van der Waals surface area (Å²) in [6, 6.07) is 16.7. The number of halogens is 3. The van der Waals surface area contributed by atoms with Crippen LogP contribution in [-0.4, -0.2) is 23.9 Å². The predicted octanol–water partition coefficient (Wildman–Crippen LogP) is 6.11. The lowest BCUT2D eigenvalue weighted by molar-refractivity contribution is 0.249. The summed E-state index contributed by atoms with van der Waals surface area (Å²) < 4.78 is 47.7. The number of rotatable bonds is 9. The van der Waals surface area contributed by atoms with Gasteiger partial charge in [0.15, 0.2) is 5.75 Å². The number of phenolic OH excluding ortho intramolecular Hbond substituents is 1. The summed E-state index contributed by atoms with van der Waals surface area (Å²) in [5.41, 5.74) is 8.03. The lowest BCUT2D eigenvalue weighted by atomic mass is 10.1. The Bertz CT molecular complexity index is 1440. The summed E-state index contributed by atoms with van der Waals surface area (Å²) in [5.74, 6) is -0.291. The van der Waals surface area contributed by atoms with Crippen LogP contribution in [0.4, 0.5) is 4.39 Å². The molecule has 3 N–H and O–H groups in total. The minimum Gasteiger partial charge on any atom is -0.505 e. The highest BCUT2D eigenvalue weighted by Gasteiger charge is 2.29. The third kappa shape index (κ3) is 6.71. The molecule has 0 fully saturated rings. The smallest absolute Gasteiger partial charge is 0.247 e. The molecule has 0 saturated carbocycles. The van der Waals surface area contributed by atoms with Crippen molar-refractivity contribution in [1.82, 2.24) is 4.31 Å². The molecule has 1 unspecified atom stereocenters. The fourth-order valence-corrected chi connectivity index (χ4v) is 6.04. The van der Waals surface area contributed by atoms with E-state index in [0.717, 1.165) is 11.1 Å². The van der Waals surface area contributed by atoms with E-state index in [1.807, 2.05) is 18.2 Å². The molecule has 3 aromatic rings. The van der Waals surface area contributed by atoms with Gasteiger partial charge in [0.1, 0.15) is 22.6 Å². The molecule has 0 heterocycles. The van der Waals surface area contributed by atoms with Crippen LogP contribution in [0.3, 0.4) is 0 Å². The van der Waals surface area contributed by atoms with E-state index in [2.05, 4.69) is 0 Å². The van der Waals surface area contributed by atoms with E-state index >= 15 is 0 Å². The average molecular weight is 563 g/mol. The first kappa shape index (κ1) is 27.2. The Morgan fingerprint density at radius 1 is 1.03 bits per heavy atom. The molecule has 0 aliphatic heterocycles. The van der Waals surface area contributed by atoms with E-state index in [0.29, 0.717) is 24.3 Å². The molecule has 37 heavy (non-hydrogen) atoms. The van der Waals surface area contributed by atoms with Gasteiger partial charge in [0.05, 0.1) is 5.02 Å². The van der Waals surface area contributed by atoms with Crippen LogP contribution < -0.4 is 10.5 Å². The van der Waals surface area contributed by atoms with Crippen LogP contribution in [0.25, 0.3) is 0 Å². The maximum atomic E-state index is 13.7. The van der Waals surface area contributed by atoms with E-state index in [-0.39, 0.29) is 40.0 Å². The van der Waals surface area contributed by atoms with Gasteiger partial charge in [-0.15, -0.1) is 0 Å². The Balaban J connectivity index is 1.62. The van der Waals surface area contributed by atoms with Gasteiger partial charge in [-0.1, -0.05) is 59.6 Å². The molecule has 0 spiro atoms. The molecule has 1 aliphatic rings. The molecule has 1 aliphatic carbocycles. The highest BCUT2D eigenvalue weighted by molar-refractivity contribution is 7.89. The third-order valence-electron chi connectivity index (χ3n) is 5.78. The lowest BCUT2D eigenvalue weighted by Gasteiger charge is -2.24. The van der Waals surface area contributed by atoms with Crippen LogP contribution in [0.15, 0.2) is 89.6 Å². The van der Waals surface area contributed by atoms with E-state index in [9.17, 15) is 17.9 Å². The minimum absolute atomic E-state index is 0.00365. The zero-order valence-electron chi connectivity index (χ0n) is 19.6. The van der Waals surface area contributed by atoms with Crippen molar-refractivity contribution in [2.45, 2.75) is 37.1 Å². The van der Waals surface area contributed by atoms with Crippen molar-refractivity contribution in [2.75, 3.05) is 0 Å². The first-order chi connectivity index (χ1) is 17.7. The normalized spacial score (nSPS) is 15.6. The first-order valence-electron chi connectivity index (χ1n) is 11.4. The number of hydrogen-bond donors (Lipinski definition) is 2. The SMILES string of the molecule is NCc1cccc(CN(Cc2ccc(OC3C=CC(F)=CC3)cc2)S(=O)(=O)c2cc(Cl)cc(Cl)c2O)c1. The minimum atomic E-state index is -4.23. The number of phenols is 1. The van der Waals surface area contributed by atoms with Crippen molar-refractivity contribution in [3.63, 3.8) is 0 Å². The van der Waals surface area contributed by atoms with Crippen molar-refractivity contribution < 1.29 is 22.7 Å². The van der Waals surface area contributed by atoms with Crippen molar-refractivity contribution >= 4 is 33.2 Å². The number of ether oxygens (including phenoxy) is 1. The number of allylic oxidation sites excluding steroid dienone is 2. The molecule has 10 heteroatoms. The van der Waals surface area contributed by atoms with Gasteiger partial charge in [-0.2, -0.15) is 4.31 Å². The molecule has 0 aromatic heterocycles. The fraction of sp³-hybridized carbons (Fsp3) is 0.185. The largest absolute Gasteiger partial charge is 0.505 e. The van der Waals surface area contributed by atoms with Gasteiger partial charge >= 0.3 is 0 Å². The summed E-state index contributed by atoms with van der Waals surface area (Å²) >= 11 is 12.1. The monoisotopic (exact) mass is 562 g/mol. The number of hydrogen-bond acceptors (Lipinski definition) is 5. The van der Waals surface area contributed by atoms with Crippen LogP contribution in [-0.2, 0) is 29.7 Å². The molecule has 4 rings (SSSR count). The number of aromatic hydroxyl groups is 1. The molecule has 0 radical (unpaired) electrons. The van der Waals surface area contributed by atoms with Crippen LogP contribution in [0, 0.1) is 0 Å². The second-order valence-electron chi connectivity index (χ2n) is 8.52. The van der Waals surface area contributed by atoms with Gasteiger partial charge in [-0.05, 0) is 59.2 Å². The molecule has 194 valence electrons. The Hall–Kier alpha value is -2.88. The first-order valence-corrected chi connectivity index (χ1v) is 13.6. The molecule has 6 nitrogen and oxygen atoms in total. The third-order valence-corrected chi connectivity index (χ3v) is 8.09. The number of sulfonamides is 1. The van der Waals surface area contributed by atoms with Crippen LogP contribution in [0.5, 0.6) is 11.5 Å². The highest BCUT2D eigenvalue weighted by atomic mass is 35.5. The zero-order valence-corrected chi connectivity index (χ0v) is 22.0. The molecule has 3 aromatic carbocycles. The van der Waals surface area contributed by atoms with Gasteiger partial charge in [-0.3, -0.25) is 0 Å². The predicted molar refractivity (Wildman–Crippen MR) is 143 cm³/mol. The fourth-order valence-electron chi connectivity index (χ4n) is 3.88. The van der Waals surface area contributed by atoms with E-state index < -0.39 is 15.8 Å². The van der Waals surface area contributed by atoms with Crippen molar-refractivity contribution in [3.05, 3.63) is 111 Å². The average Bonchev–Trinajstić information content (AvgIpc) is 2.88. The van der Waals surface area contributed by atoms with E-state index in [1.54, 1.807) is 36.4 Å². The number of benzene rings is 3. The van der Waals surface area contributed by atoms with Crippen molar-refractivity contribution in [2.24, 2.45) is 5.73 Å². The van der Waals surface area contributed by atoms with Crippen LogP contribution >= 0.6 is 23.2 Å². The Kier molecular flexibility index (Phi) is 8.56. The zero-order chi connectivity index (χ0) is 26.6. The summed E-state index contributed by atoms with van der Waals surface area (Å²) in [4.78, 5) is -0.385. The topological polar surface area (TPSA) is 92.9 Å². The van der Waals surface area contributed by atoms with Crippen molar-refractivity contribution in [1.29, 1.82) is 0 Å². The maximum absolute atomic E-state index is 13.7. The van der Waals surface area contributed by atoms with E-state index in [4.69, 9.17) is 33.7 Å². The summed E-state index contributed by atoms with van der Waals surface area (Å²) in [5, 5.41) is 10.4. The highest BCUT2D eigenvalue weighted by Crippen LogP contribution is 2.36. The molecule has 0 amide bonds. The molecule has 1 atom stereocenters. The van der Waals surface area contributed by atoms with Crippen molar-refractivity contribution in [3.8, 4) is 11.5 Å². The Morgan fingerprint density at radius 2 is 1.73 bits per heavy atom. The molecular weight excluding hydrogens is 538 g/mol. The lowest BCUT2D eigenvalue weighted by Crippen LogP contribution is -2.30. The van der Waals surface area contributed by atoms with Gasteiger partial charge in [-0.25, -0.2) is 12.8 Å². The number of nitrogens with two attached hydrogens (primary N) is 1. The van der Waals surface area contributed by atoms with Gasteiger partial charge in [0.2, 0.25) is 10.0 Å². The Labute approximate surface area is 225 Å². The van der Waals surface area contributed by atoms with Crippen LogP contribution in [0.1, 0.15) is 23.1 Å². The quantitative estimate of drug-likeness (QED) is 0.328. The molecule has 0 saturated heterocycles. The number of nitrogens with zero attached hydrogens (tertiary/aromatic N) is 1. The van der Waals surface area contributed by atoms with E-state index in [1.165, 1.54) is 28.6 Å². The van der Waals surface area contributed by atoms with Gasteiger partial charge in [0, 0.05) is 31.1 Å². The second kappa shape index (κ2) is 11.7. The molecule has 0 bridgehead atoms. The summed E-state index contributed by atoms with van der Waals surface area (Å²) in [6.07, 6.45) is 4.60. The standard InChI is InChI=1S/C27H25Cl2FN2O4S/c28-21-13-25(29)27(33)26(14-21)37(34,35)32(17-20-3-1-2-19(12-20)15-31)16-18-4-8-23(9-5-18)36-24-10-6-22(30)7-11-24/h1-10,12-14,24,33H,11,15-17,31H2.